The molecule has 0 fully saturated rings. The molecule has 4 rings (SSSR count). The van der Waals surface area contributed by atoms with Gasteiger partial charge >= 0.3 is 6.09 Å². The van der Waals surface area contributed by atoms with Gasteiger partial charge in [0.25, 0.3) is 0 Å². The Hall–Kier alpha value is -3.79. The van der Waals surface area contributed by atoms with Gasteiger partial charge < -0.3 is 14.8 Å². The third-order valence-corrected chi connectivity index (χ3v) is 5.42. The van der Waals surface area contributed by atoms with Crippen LogP contribution in [0, 0.1) is 12.7 Å². The minimum Gasteiger partial charge on any atom is -0.492 e. The minimum atomic E-state index is -0.560. The maximum atomic E-state index is 12.9. The van der Waals surface area contributed by atoms with Crippen LogP contribution in [0.3, 0.4) is 0 Å². The summed E-state index contributed by atoms with van der Waals surface area (Å²) in [5.74, 6) is 0.292. The molecule has 0 radical (unpaired) electrons. The molecule has 0 spiro atoms. The summed E-state index contributed by atoms with van der Waals surface area (Å²) in [7, 11) is 0. The second kappa shape index (κ2) is 10.0. The number of thiazole rings is 1. The summed E-state index contributed by atoms with van der Waals surface area (Å²) < 4.78 is 25.7. The maximum Gasteiger partial charge on any atom is 0.413 e. The fourth-order valence-electron chi connectivity index (χ4n) is 2.77. The van der Waals surface area contributed by atoms with E-state index in [1.54, 1.807) is 42.2 Å². The van der Waals surface area contributed by atoms with Crippen LogP contribution < -0.4 is 14.8 Å². The monoisotopic (exact) mass is 453 g/mol. The van der Waals surface area contributed by atoms with Crippen LogP contribution in [0.4, 0.5) is 9.18 Å². The molecule has 10 heteroatoms. The van der Waals surface area contributed by atoms with Crippen molar-refractivity contribution in [3.05, 3.63) is 78.1 Å². The van der Waals surface area contributed by atoms with Gasteiger partial charge in [-0.05, 0) is 48.9 Å². The Morgan fingerprint density at radius 2 is 2.06 bits per heavy atom. The van der Waals surface area contributed by atoms with Crippen molar-refractivity contribution < 1.29 is 18.7 Å². The molecule has 3 heterocycles. The number of benzene rings is 1. The summed E-state index contributed by atoms with van der Waals surface area (Å²) >= 11 is 1.25. The zero-order valence-electron chi connectivity index (χ0n) is 17.2. The predicted octanol–water partition coefficient (Wildman–Crippen LogP) is 4.22. The predicted molar refractivity (Wildman–Crippen MR) is 117 cm³/mol. The Kier molecular flexibility index (Phi) is 6.71. The average molecular weight is 453 g/mol. The molecule has 8 nitrogen and oxygen atoms in total. The molecule has 4 aromatic rings. The van der Waals surface area contributed by atoms with Gasteiger partial charge in [-0.3, -0.25) is 9.67 Å². The molecule has 0 aliphatic carbocycles. The van der Waals surface area contributed by atoms with E-state index in [9.17, 15) is 9.18 Å². The molecule has 3 aromatic heterocycles. The molecule has 32 heavy (non-hydrogen) atoms. The van der Waals surface area contributed by atoms with Crippen LogP contribution in [0.1, 0.15) is 11.3 Å². The van der Waals surface area contributed by atoms with E-state index < -0.39 is 6.09 Å². The molecule has 0 saturated heterocycles. The lowest BCUT2D eigenvalue weighted by Gasteiger charge is -2.06. The second-order valence-corrected chi connectivity index (χ2v) is 7.72. The number of carbonyl (C=O) groups excluding carboxylic acids is 1. The molecule has 1 aromatic carbocycles. The largest absolute Gasteiger partial charge is 0.492 e. The zero-order chi connectivity index (χ0) is 22.3. The molecular formula is C22H20FN5O3S. The van der Waals surface area contributed by atoms with Crippen molar-refractivity contribution in [1.82, 2.24) is 25.1 Å². The van der Waals surface area contributed by atoms with Gasteiger partial charge in [-0.2, -0.15) is 5.10 Å². The van der Waals surface area contributed by atoms with E-state index in [4.69, 9.17) is 9.47 Å². The number of ether oxygens (including phenoxy) is 2. The summed E-state index contributed by atoms with van der Waals surface area (Å²) in [4.78, 5) is 20.6. The fourth-order valence-corrected chi connectivity index (χ4v) is 3.65. The molecule has 0 atom stereocenters. The van der Waals surface area contributed by atoms with Crippen molar-refractivity contribution >= 4 is 17.4 Å². The summed E-state index contributed by atoms with van der Waals surface area (Å²) in [6, 6.07) is 11.4. The Morgan fingerprint density at radius 1 is 1.22 bits per heavy atom. The van der Waals surface area contributed by atoms with Crippen LogP contribution >= 0.6 is 11.3 Å². The van der Waals surface area contributed by atoms with Crippen molar-refractivity contribution in [1.29, 1.82) is 0 Å². The molecule has 164 valence electrons. The van der Waals surface area contributed by atoms with E-state index in [0.29, 0.717) is 46.9 Å². The van der Waals surface area contributed by atoms with Crippen LogP contribution in [0.2, 0.25) is 0 Å². The number of halogens is 1. The van der Waals surface area contributed by atoms with Gasteiger partial charge in [-0.25, -0.2) is 14.2 Å². The molecule has 1 N–H and O–H groups in total. The Balaban J connectivity index is 1.30. The Labute approximate surface area is 187 Å². The van der Waals surface area contributed by atoms with Crippen molar-refractivity contribution in [3.63, 3.8) is 0 Å². The Bertz CT molecular complexity index is 1180. The van der Waals surface area contributed by atoms with E-state index in [-0.39, 0.29) is 5.82 Å². The lowest BCUT2D eigenvalue weighted by atomic mass is 10.3. The van der Waals surface area contributed by atoms with Gasteiger partial charge in [-0.1, -0.05) is 17.4 Å². The van der Waals surface area contributed by atoms with Crippen LogP contribution in [-0.4, -0.2) is 32.4 Å². The Morgan fingerprint density at radius 3 is 2.84 bits per heavy atom. The standard InChI is InChI=1S/C22H20FN5O3S/c1-15-21(31-22(29)25-14-16-3-2-9-24-13-16)32-20(26-15)19-8-10-28(27-19)11-12-30-18-6-4-17(23)5-7-18/h2-10,13H,11-12,14H2,1H3,(H,25,29). The van der Waals surface area contributed by atoms with E-state index in [1.165, 1.54) is 23.5 Å². The van der Waals surface area contributed by atoms with Crippen molar-refractivity contribution in [2.75, 3.05) is 6.61 Å². The van der Waals surface area contributed by atoms with Gasteiger partial charge in [-0.15, -0.1) is 0 Å². The lowest BCUT2D eigenvalue weighted by Crippen LogP contribution is -2.26. The van der Waals surface area contributed by atoms with E-state index in [1.807, 2.05) is 18.3 Å². The second-order valence-electron chi connectivity index (χ2n) is 6.76. The third-order valence-electron chi connectivity index (χ3n) is 4.36. The highest BCUT2D eigenvalue weighted by molar-refractivity contribution is 7.17. The number of pyridine rings is 1. The van der Waals surface area contributed by atoms with Crippen molar-refractivity contribution in [2.45, 2.75) is 20.0 Å². The molecule has 0 aliphatic rings. The highest BCUT2D eigenvalue weighted by atomic mass is 32.1. The first kappa shape index (κ1) is 21.4. The van der Waals surface area contributed by atoms with Crippen LogP contribution in [-0.2, 0) is 13.1 Å². The minimum absolute atomic E-state index is 0.304. The third kappa shape index (κ3) is 5.67. The number of amides is 1. The van der Waals surface area contributed by atoms with E-state index in [0.717, 1.165) is 5.56 Å². The molecule has 0 unspecified atom stereocenters. The average Bonchev–Trinajstić information content (AvgIpc) is 3.41. The van der Waals surface area contributed by atoms with Gasteiger partial charge in [0.15, 0.2) is 0 Å². The molecule has 0 bridgehead atoms. The van der Waals surface area contributed by atoms with Crippen molar-refractivity contribution in [3.8, 4) is 21.5 Å². The molecule has 1 amide bonds. The van der Waals surface area contributed by atoms with E-state index in [2.05, 4.69) is 20.4 Å². The topological polar surface area (TPSA) is 91.2 Å². The van der Waals surface area contributed by atoms with E-state index >= 15 is 0 Å². The fraction of sp³-hybridized carbons (Fsp3) is 0.182. The lowest BCUT2D eigenvalue weighted by molar-refractivity contribution is 0.201. The molecular weight excluding hydrogens is 433 g/mol. The molecule has 0 saturated carbocycles. The normalized spacial score (nSPS) is 10.7. The first-order chi connectivity index (χ1) is 15.6. The van der Waals surface area contributed by atoms with Crippen molar-refractivity contribution in [2.24, 2.45) is 0 Å². The van der Waals surface area contributed by atoms with Gasteiger partial charge in [0, 0.05) is 25.1 Å². The maximum absolute atomic E-state index is 12.9. The van der Waals surface area contributed by atoms with Crippen LogP contribution in [0.15, 0.2) is 61.1 Å². The number of hydrogen-bond donors (Lipinski definition) is 1. The number of carbonyl (C=O) groups is 1. The van der Waals surface area contributed by atoms with Crippen LogP contribution in [0.25, 0.3) is 10.7 Å². The summed E-state index contributed by atoms with van der Waals surface area (Å²) in [6.07, 6.45) is 4.61. The highest BCUT2D eigenvalue weighted by Gasteiger charge is 2.16. The molecule has 0 aliphatic heterocycles. The van der Waals surface area contributed by atoms with Gasteiger partial charge in [0.1, 0.15) is 28.9 Å². The summed E-state index contributed by atoms with van der Waals surface area (Å²) in [6.45, 7) is 3.00. The summed E-state index contributed by atoms with van der Waals surface area (Å²) in [5.41, 5.74) is 2.15. The first-order valence-corrected chi connectivity index (χ1v) is 10.6. The smallest absolute Gasteiger partial charge is 0.413 e. The van der Waals surface area contributed by atoms with Gasteiger partial charge in [0.2, 0.25) is 5.06 Å². The first-order valence-electron chi connectivity index (χ1n) is 9.81. The highest BCUT2D eigenvalue weighted by Crippen LogP contribution is 2.32. The number of aromatic nitrogens is 4. The SMILES string of the molecule is Cc1nc(-c2ccn(CCOc3ccc(F)cc3)n2)sc1OC(=O)NCc1cccnc1. The quantitative estimate of drug-likeness (QED) is 0.430. The zero-order valence-corrected chi connectivity index (χ0v) is 18.0. The van der Waals surface area contributed by atoms with Gasteiger partial charge in [0.05, 0.1) is 12.2 Å². The summed E-state index contributed by atoms with van der Waals surface area (Å²) in [5, 5.41) is 8.25. The number of aryl methyl sites for hydroxylation is 1. The number of hydrogen-bond acceptors (Lipinski definition) is 7. The number of nitrogens with zero attached hydrogens (tertiary/aromatic N) is 4. The van der Waals surface area contributed by atoms with Crippen LogP contribution in [0.5, 0.6) is 10.8 Å². The number of rotatable bonds is 8. The number of nitrogens with one attached hydrogen (secondary N) is 1.